The first-order valence-electron chi connectivity index (χ1n) is 10.6. The molecule has 4 rings (SSSR count). The molecule has 2 amide bonds. The summed E-state index contributed by atoms with van der Waals surface area (Å²) in [7, 11) is 0. The number of nitrogens with zero attached hydrogens (tertiary/aromatic N) is 2. The third-order valence-corrected chi connectivity index (χ3v) is 5.72. The molecule has 2 aromatic rings. The molecule has 2 aromatic carbocycles. The van der Waals surface area contributed by atoms with E-state index >= 15 is 0 Å². The minimum absolute atomic E-state index is 0.0300. The molecule has 0 aromatic heterocycles. The molecule has 1 aliphatic heterocycles. The SMILES string of the molecule is Cc1ccc(C(=O)NC2=N/C(=C(/C#N)C(=O)NC3CCCCC3)c3ccccc32)cc1. The third-order valence-electron chi connectivity index (χ3n) is 5.72. The first kappa shape index (κ1) is 20.5. The average molecular weight is 412 g/mol. The highest BCUT2D eigenvalue weighted by atomic mass is 16.2. The summed E-state index contributed by atoms with van der Waals surface area (Å²) < 4.78 is 0. The van der Waals surface area contributed by atoms with E-state index in [0.717, 1.165) is 31.2 Å². The van der Waals surface area contributed by atoms with Gasteiger partial charge in [-0.3, -0.25) is 9.59 Å². The number of carbonyl (C=O) groups excluding carboxylic acids is 2. The fourth-order valence-electron chi connectivity index (χ4n) is 4.01. The van der Waals surface area contributed by atoms with Crippen molar-refractivity contribution in [2.75, 3.05) is 0 Å². The van der Waals surface area contributed by atoms with E-state index < -0.39 is 5.91 Å². The van der Waals surface area contributed by atoms with E-state index in [4.69, 9.17) is 0 Å². The van der Waals surface area contributed by atoms with Gasteiger partial charge >= 0.3 is 0 Å². The second-order valence-electron chi connectivity index (χ2n) is 7.97. The van der Waals surface area contributed by atoms with Crippen LogP contribution in [0.5, 0.6) is 0 Å². The molecule has 6 heteroatoms. The van der Waals surface area contributed by atoms with Crippen molar-refractivity contribution in [3.05, 3.63) is 76.4 Å². The molecular weight excluding hydrogens is 388 g/mol. The largest absolute Gasteiger partial charge is 0.349 e. The number of fused-ring (bicyclic) bond motifs is 1. The van der Waals surface area contributed by atoms with Crippen LogP contribution < -0.4 is 10.6 Å². The highest BCUT2D eigenvalue weighted by molar-refractivity contribution is 6.20. The van der Waals surface area contributed by atoms with Gasteiger partial charge in [0.25, 0.3) is 11.8 Å². The van der Waals surface area contributed by atoms with Crippen molar-refractivity contribution in [1.29, 1.82) is 5.26 Å². The average Bonchev–Trinajstić information content (AvgIpc) is 3.13. The Morgan fingerprint density at radius 3 is 2.35 bits per heavy atom. The van der Waals surface area contributed by atoms with Gasteiger partial charge in [0.2, 0.25) is 0 Å². The molecule has 31 heavy (non-hydrogen) atoms. The molecule has 0 unspecified atom stereocenters. The fourth-order valence-corrected chi connectivity index (χ4v) is 4.01. The van der Waals surface area contributed by atoms with Crippen molar-refractivity contribution >= 4 is 23.3 Å². The number of amidine groups is 1. The van der Waals surface area contributed by atoms with Crippen LogP contribution in [0.25, 0.3) is 5.70 Å². The molecule has 0 bridgehead atoms. The van der Waals surface area contributed by atoms with Gasteiger partial charge in [0.05, 0.1) is 5.70 Å². The lowest BCUT2D eigenvalue weighted by Crippen LogP contribution is -2.37. The summed E-state index contributed by atoms with van der Waals surface area (Å²) in [5, 5.41) is 15.6. The van der Waals surface area contributed by atoms with Gasteiger partial charge in [-0.1, -0.05) is 61.2 Å². The van der Waals surface area contributed by atoms with Crippen molar-refractivity contribution in [1.82, 2.24) is 10.6 Å². The van der Waals surface area contributed by atoms with Gasteiger partial charge in [0, 0.05) is 22.7 Å². The fraction of sp³-hybridized carbons (Fsp3) is 0.280. The molecule has 1 heterocycles. The summed E-state index contributed by atoms with van der Waals surface area (Å²) in [6.07, 6.45) is 5.20. The number of aliphatic imine (C=N–C) groups is 1. The summed E-state index contributed by atoms with van der Waals surface area (Å²) in [5.41, 5.74) is 3.20. The second kappa shape index (κ2) is 8.97. The molecule has 1 fully saturated rings. The lowest BCUT2D eigenvalue weighted by Gasteiger charge is -2.22. The predicted octanol–water partition coefficient (Wildman–Crippen LogP) is 3.87. The molecule has 1 aliphatic carbocycles. The van der Waals surface area contributed by atoms with E-state index in [-0.39, 0.29) is 17.5 Å². The highest BCUT2D eigenvalue weighted by Crippen LogP contribution is 2.31. The van der Waals surface area contributed by atoms with Crippen molar-refractivity contribution in [2.24, 2.45) is 4.99 Å². The third kappa shape index (κ3) is 4.41. The van der Waals surface area contributed by atoms with Crippen LogP contribution in [0.15, 0.2) is 59.1 Å². The number of carbonyl (C=O) groups is 2. The quantitative estimate of drug-likeness (QED) is 0.592. The number of nitrogens with one attached hydrogen (secondary N) is 2. The number of amides is 2. The summed E-state index contributed by atoms with van der Waals surface area (Å²) in [5.74, 6) is -0.358. The number of hydrogen-bond acceptors (Lipinski definition) is 4. The lowest BCUT2D eigenvalue weighted by molar-refractivity contribution is -0.117. The summed E-state index contributed by atoms with van der Waals surface area (Å²) in [4.78, 5) is 30.1. The molecule has 1 saturated carbocycles. The zero-order chi connectivity index (χ0) is 21.8. The Hall–Kier alpha value is -3.72. The molecule has 0 saturated heterocycles. The molecule has 0 spiro atoms. The van der Waals surface area contributed by atoms with E-state index in [1.165, 1.54) is 6.42 Å². The van der Waals surface area contributed by atoms with Crippen LogP contribution in [-0.4, -0.2) is 23.7 Å². The van der Waals surface area contributed by atoms with Crippen LogP contribution in [-0.2, 0) is 4.79 Å². The Balaban J connectivity index is 1.64. The van der Waals surface area contributed by atoms with Gasteiger partial charge in [0.1, 0.15) is 17.5 Å². The maximum absolute atomic E-state index is 12.9. The Bertz CT molecular complexity index is 1120. The van der Waals surface area contributed by atoms with Crippen LogP contribution in [0.4, 0.5) is 0 Å². The van der Waals surface area contributed by atoms with Crippen LogP contribution in [0.1, 0.15) is 59.2 Å². The number of rotatable bonds is 3. The lowest BCUT2D eigenvalue weighted by atomic mass is 9.95. The van der Waals surface area contributed by atoms with Crippen LogP contribution in [0, 0.1) is 18.3 Å². The molecule has 2 aliphatic rings. The van der Waals surface area contributed by atoms with Gasteiger partial charge in [-0.2, -0.15) is 5.26 Å². The number of hydrogen-bond donors (Lipinski definition) is 2. The highest BCUT2D eigenvalue weighted by Gasteiger charge is 2.28. The molecule has 156 valence electrons. The minimum Gasteiger partial charge on any atom is -0.349 e. The zero-order valence-corrected chi connectivity index (χ0v) is 17.4. The van der Waals surface area contributed by atoms with Gasteiger partial charge in [-0.15, -0.1) is 0 Å². The monoisotopic (exact) mass is 412 g/mol. The molecule has 6 nitrogen and oxygen atoms in total. The van der Waals surface area contributed by atoms with Gasteiger partial charge < -0.3 is 10.6 Å². The van der Waals surface area contributed by atoms with Crippen LogP contribution >= 0.6 is 0 Å². The first-order chi connectivity index (χ1) is 15.1. The molecule has 0 atom stereocenters. The minimum atomic E-state index is -0.408. The summed E-state index contributed by atoms with van der Waals surface area (Å²) in [6, 6.07) is 16.7. The van der Waals surface area contributed by atoms with Crippen molar-refractivity contribution < 1.29 is 9.59 Å². The van der Waals surface area contributed by atoms with Gasteiger partial charge in [-0.25, -0.2) is 4.99 Å². The van der Waals surface area contributed by atoms with E-state index in [2.05, 4.69) is 15.6 Å². The van der Waals surface area contributed by atoms with E-state index in [1.807, 2.05) is 49.4 Å². The van der Waals surface area contributed by atoms with E-state index in [1.54, 1.807) is 12.1 Å². The first-order valence-corrected chi connectivity index (χ1v) is 10.6. The summed E-state index contributed by atoms with van der Waals surface area (Å²) in [6.45, 7) is 1.96. The number of benzene rings is 2. The molecular formula is C25H24N4O2. The van der Waals surface area contributed by atoms with Crippen LogP contribution in [0.2, 0.25) is 0 Å². The Morgan fingerprint density at radius 2 is 1.68 bits per heavy atom. The smallest absolute Gasteiger partial charge is 0.264 e. The Labute approximate surface area is 181 Å². The van der Waals surface area contributed by atoms with Crippen molar-refractivity contribution in [2.45, 2.75) is 45.1 Å². The molecule has 0 radical (unpaired) electrons. The second-order valence-corrected chi connectivity index (χ2v) is 7.97. The maximum Gasteiger partial charge on any atom is 0.264 e. The Morgan fingerprint density at radius 1 is 1.00 bits per heavy atom. The van der Waals surface area contributed by atoms with Crippen LogP contribution in [0.3, 0.4) is 0 Å². The molecule has 2 N–H and O–H groups in total. The van der Waals surface area contributed by atoms with E-state index in [9.17, 15) is 14.9 Å². The van der Waals surface area contributed by atoms with Crippen molar-refractivity contribution in [3.8, 4) is 6.07 Å². The number of nitriles is 1. The normalized spacial score (nSPS) is 17.2. The topological polar surface area (TPSA) is 94.3 Å². The predicted molar refractivity (Wildman–Crippen MR) is 119 cm³/mol. The standard InChI is InChI=1S/C25H24N4O2/c1-16-11-13-17(14-12-16)24(30)29-23-20-10-6-5-9-19(20)22(28-23)21(15-26)25(31)27-18-7-3-2-4-8-18/h5-6,9-14,18H,2-4,7-8H2,1H3,(H,27,31)(H,28,29,30)/b22-21-. The van der Waals surface area contributed by atoms with Crippen molar-refractivity contribution in [3.63, 3.8) is 0 Å². The Kier molecular flexibility index (Phi) is 5.94. The zero-order valence-electron chi connectivity index (χ0n) is 17.4. The van der Waals surface area contributed by atoms with Gasteiger partial charge in [-0.05, 0) is 31.9 Å². The number of aryl methyl sites for hydroxylation is 1. The van der Waals surface area contributed by atoms with E-state index in [0.29, 0.717) is 28.2 Å². The van der Waals surface area contributed by atoms with Gasteiger partial charge in [0.15, 0.2) is 0 Å². The summed E-state index contributed by atoms with van der Waals surface area (Å²) >= 11 is 0. The maximum atomic E-state index is 12.9.